The summed E-state index contributed by atoms with van der Waals surface area (Å²) < 4.78 is 0. The van der Waals surface area contributed by atoms with E-state index in [0.717, 1.165) is 17.8 Å². The zero-order chi connectivity index (χ0) is 16.8. The molecule has 0 saturated carbocycles. The lowest BCUT2D eigenvalue weighted by atomic mass is 10.1. The lowest BCUT2D eigenvalue weighted by molar-refractivity contribution is 0.0941. The quantitative estimate of drug-likeness (QED) is 0.883. The molecule has 0 bridgehead atoms. The molecule has 0 aliphatic carbocycles. The molecule has 0 aliphatic rings. The third-order valence-electron chi connectivity index (χ3n) is 3.63. The fourth-order valence-corrected chi connectivity index (χ4v) is 2.52. The Morgan fingerprint density at radius 3 is 2.48 bits per heavy atom. The molecule has 0 saturated heterocycles. The summed E-state index contributed by atoms with van der Waals surface area (Å²) in [5, 5.41) is 3.62. The van der Waals surface area contributed by atoms with E-state index in [9.17, 15) is 4.79 Å². The van der Waals surface area contributed by atoms with E-state index in [1.807, 2.05) is 50.2 Å². The predicted octanol–water partition coefficient (Wildman–Crippen LogP) is 2.73. The van der Waals surface area contributed by atoms with Gasteiger partial charge in [-0.2, -0.15) is 0 Å². The number of carbonyl (C=O) groups is 1. The SMILES string of the molecule is CCc1ncc(C(=O)NCC(c2ccccc2Cl)N(C)C)cn1. The Morgan fingerprint density at radius 2 is 1.91 bits per heavy atom. The van der Waals surface area contributed by atoms with Crippen LogP contribution in [-0.2, 0) is 6.42 Å². The lowest BCUT2D eigenvalue weighted by Crippen LogP contribution is -2.34. The summed E-state index contributed by atoms with van der Waals surface area (Å²) in [6, 6.07) is 7.65. The van der Waals surface area contributed by atoms with E-state index < -0.39 is 0 Å². The molecule has 1 heterocycles. The van der Waals surface area contributed by atoms with Crippen molar-refractivity contribution in [1.29, 1.82) is 0 Å². The monoisotopic (exact) mass is 332 g/mol. The molecule has 122 valence electrons. The molecule has 0 radical (unpaired) electrons. The molecule has 1 aromatic heterocycles. The summed E-state index contributed by atoms with van der Waals surface area (Å²) >= 11 is 6.27. The summed E-state index contributed by atoms with van der Waals surface area (Å²) in [6.07, 6.45) is 3.86. The van der Waals surface area contributed by atoms with Crippen molar-refractivity contribution in [3.05, 3.63) is 58.6 Å². The van der Waals surface area contributed by atoms with Crippen LogP contribution in [0.4, 0.5) is 0 Å². The highest BCUT2D eigenvalue weighted by molar-refractivity contribution is 6.31. The third kappa shape index (κ3) is 4.50. The minimum absolute atomic E-state index is 0.0107. The first-order valence-electron chi connectivity index (χ1n) is 7.53. The standard InChI is InChI=1S/C17H21ClN4O/c1-4-16-19-9-12(10-20-16)17(23)21-11-15(22(2)3)13-7-5-6-8-14(13)18/h5-10,15H,4,11H2,1-3H3,(H,21,23). The lowest BCUT2D eigenvalue weighted by Gasteiger charge is -2.26. The van der Waals surface area contributed by atoms with Gasteiger partial charge in [0, 0.05) is 30.4 Å². The van der Waals surface area contributed by atoms with Gasteiger partial charge in [0.25, 0.3) is 5.91 Å². The molecule has 1 atom stereocenters. The molecular formula is C17H21ClN4O. The smallest absolute Gasteiger partial charge is 0.254 e. The Hall–Kier alpha value is -1.98. The number of carbonyl (C=O) groups excluding carboxylic acids is 1. The maximum absolute atomic E-state index is 12.2. The second-order valence-corrected chi connectivity index (χ2v) is 5.86. The highest BCUT2D eigenvalue weighted by Gasteiger charge is 2.18. The fourth-order valence-electron chi connectivity index (χ4n) is 2.26. The summed E-state index contributed by atoms with van der Waals surface area (Å²) in [5.74, 6) is 0.537. The Balaban J connectivity index is 2.06. The summed E-state index contributed by atoms with van der Waals surface area (Å²) in [7, 11) is 3.92. The van der Waals surface area contributed by atoms with Gasteiger partial charge in [-0.3, -0.25) is 4.79 Å². The van der Waals surface area contributed by atoms with Gasteiger partial charge < -0.3 is 10.2 Å². The minimum Gasteiger partial charge on any atom is -0.350 e. The Labute approximate surface area is 141 Å². The number of rotatable bonds is 6. The largest absolute Gasteiger partial charge is 0.350 e. The van der Waals surface area contributed by atoms with E-state index in [2.05, 4.69) is 15.3 Å². The fraction of sp³-hybridized carbons (Fsp3) is 0.353. The van der Waals surface area contributed by atoms with Crippen molar-refractivity contribution in [3.8, 4) is 0 Å². The van der Waals surface area contributed by atoms with Crippen LogP contribution in [-0.4, -0.2) is 41.4 Å². The van der Waals surface area contributed by atoms with E-state index in [0.29, 0.717) is 17.1 Å². The van der Waals surface area contributed by atoms with Crippen molar-refractivity contribution in [2.75, 3.05) is 20.6 Å². The second-order valence-electron chi connectivity index (χ2n) is 5.45. The number of benzene rings is 1. The van der Waals surface area contributed by atoms with Crippen LogP contribution >= 0.6 is 11.6 Å². The van der Waals surface area contributed by atoms with Crippen LogP contribution in [0.5, 0.6) is 0 Å². The topological polar surface area (TPSA) is 58.1 Å². The van der Waals surface area contributed by atoms with E-state index in [4.69, 9.17) is 11.6 Å². The zero-order valence-electron chi connectivity index (χ0n) is 13.6. The molecule has 0 spiro atoms. The number of aromatic nitrogens is 2. The first-order chi connectivity index (χ1) is 11.0. The molecule has 0 aliphatic heterocycles. The van der Waals surface area contributed by atoms with Crippen molar-refractivity contribution >= 4 is 17.5 Å². The Morgan fingerprint density at radius 1 is 1.26 bits per heavy atom. The van der Waals surface area contributed by atoms with Gasteiger partial charge in [0.1, 0.15) is 5.82 Å². The van der Waals surface area contributed by atoms with Crippen molar-refractivity contribution < 1.29 is 4.79 Å². The number of halogens is 1. The van der Waals surface area contributed by atoms with Crippen LogP contribution < -0.4 is 5.32 Å². The molecule has 1 aromatic carbocycles. The van der Waals surface area contributed by atoms with Crippen LogP contribution in [0.25, 0.3) is 0 Å². The molecule has 1 amide bonds. The number of likely N-dealkylation sites (N-methyl/N-ethyl adjacent to an activating group) is 1. The maximum Gasteiger partial charge on any atom is 0.254 e. The second kappa shape index (κ2) is 8.04. The number of nitrogens with zero attached hydrogens (tertiary/aromatic N) is 3. The van der Waals surface area contributed by atoms with Crippen molar-refractivity contribution in [3.63, 3.8) is 0 Å². The molecule has 2 aromatic rings. The number of hydrogen-bond acceptors (Lipinski definition) is 4. The van der Waals surface area contributed by atoms with Crippen molar-refractivity contribution in [2.45, 2.75) is 19.4 Å². The maximum atomic E-state index is 12.2. The van der Waals surface area contributed by atoms with Gasteiger partial charge in [-0.05, 0) is 25.7 Å². The van der Waals surface area contributed by atoms with Crippen LogP contribution in [0.3, 0.4) is 0 Å². The molecule has 1 unspecified atom stereocenters. The van der Waals surface area contributed by atoms with Crippen LogP contribution in [0, 0.1) is 0 Å². The highest BCUT2D eigenvalue weighted by Crippen LogP contribution is 2.25. The first kappa shape index (κ1) is 17.4. The number of hydrogen-bond donors (Lipinski definition) is 1. The molecule has 5 nitrogen and oxygen atoms in total. The van der Waals surface area contributed by atoms with Gasteiger partial charge >= 0.3 is 0 Å². The summed E-state index contributed by atoms with van der Waals surface area (Å²) in [6.45, 7) is 2.42. The van der Waals surface area contributed by atoms with Gasteiger partial charge in [0.05, 0.1) is 11.6 Å². The Kier molecular flexibility index (Phi) is 6.07. The van der Waals surface area contributed by atoms with E-state index in [1.165, 1.54) is 0 Å². The van der Waals surface area contributed by atoms with Gasteiger partial charge in [-0.15, -0.1) is 0 Å². The van der Waals surface area contributed by atoms with Gasteiger partial charge in [-0.1, -0.05) is 36.7 Å². The van der Waals surface area contributed by atoms with Crippen LogP contribution in [0.15, 0.2) is 36.7 Å². The van der Waals surface area contributed by atoms with Gasteiger partial charge in [0.2, 0.25) is 0 Å². The number of nitrogens with one attached hydrogen (secondary N) is 1. The summed E-state index contributed by atoms with van der Waals surface area (Å²) in [4.78, 5) is 22.6. The zero-order valence-corrected chi connectivity index (χ0v) is 14.3. The van der Waals surface area contributed by atoms with Crippen molar-refractivity contribution in [1.82, 2.24) is 20.2 Å². The average Bonchev–Trinajstić information content (AvgIpc) is 2.56. The predicted molar refractivity (Wildman–Crippen MR) is 91.6 cm³/mol. The highest BCUT2D eigenvalue weighted by atomic mass is 35.5. The molecule has 1 N–H and O–H groups in total. The van der Waals surface area contributed by atoms with Crippen LogP contribution in [0.1, 0.15) is 34.7 Å². The molecule has 6 heteroatoms. The number of aryl methyl sites for hydroxylation is 1. The van der Waals surface area contributed by atoms with E-state index in [1.54, 1.807) is 12.4 Å². The molecule has 0 fully saturated rings. The van der Waals surface area contributed by atoms with E-state index >= 15 is 0 Å². The normalized spacial score (nSPS) is 12.2. The van der Waals surface area contributed by atoms with Gasteiger partial charge in [0.15, 0.2) is 0 Å². The van der Waals surface area contributed by atoms with E-state index in [-0.39, 0.29) is 11.9 Å². The molecular weight excluding hydrogens is 312 g/mol. The van der Waals surface area contributed by atoms with Crippen molar-refractivity contribution in [2.24, 2.45) is 0 Å². The molecule has 2 rings (SSSR count). The minimum atomic E-state index is -0.188. The van der Waals surface area contributed by atoms with Crippen LogP contribution in [0.2, 0.25) is 5.02 Å². The molecule has 23 heavy (non-hydrogen) atoms. The average molecular weight is 333 g/mol. The summed E-state index contributed by atoms with van der Waals surface area (Å²) in [5.41, 5.74) is 1.44. The van der Waals surface area contributed by atoms with Gasteiger partial charge in [-0.25, -0.2) is 9.97 Å². The number of amides is 1. The third-order valence-corrected chi connectivity index (χ3v) is 3.97. The Bertz CT molecular complexity index is 658. The first-order valence-corrected chi connectivity index (χ1v) is 7.90.